The number of carbonyl (C=O) groups is 1. The van der Waals surface area contributed by atoms with Crippen molar-refractivity contribution < 1.29 is 39.6 Å². The maximum absolute atomic E-state index is 13.6. The Morgan fingerprint density at radius 1 is 1.05 bits per heavy atom. The summed E-state index contributed by atoms with van der Waals surface area (Å²) in [6.45, 7) is 3.56. The summed E-state index contributed by atoms with van der Waals surface area (Å²) in [4.78, 5) is 20.2. The van der Waals surface area contributed by atoms with E-state index in [1.54, 1.807) is 18.6 Å². The number of sulfonamides is 1. The summed E-state index contributed by atoms with van der Waals surface area (Å²) < 4.78 is 103. The molecule has 9 nitrogen and oxygen atoms in total. The van der Waals surface area contributed by atoms with E-state index >= 15 is 0 Å². The van der Waals surface area contributed by atoms with Gasteiger partial charge >= 0.3 is 12.4 Å². The molecule has 1 saturated carbocycles. The maximum Gasteiger partial charge on any atom is 0.421 e. The molecule has 38 heavy (non-hydrogen) atoms. The molecule has 0 radical (unpaired) electrons. The molecule has 1 aliphatic rings. The minimum atomic E-state index is -4.92. The van der Waals surface area contributed by atoms with Crippen molar-refractivity contribution in [1.82, 2.24) is 15.3 Å². The lowest BCUT2D eigenvalue weighted by molar-refractivity contribution is -0.137. The van der Waals surface area contributed by atoms with Crippen LogP contribution in [0.3, 0.4) is 0 Å². The van der Waals surface area contributed by atoms with E-state index in [-0.39, 0.29) is 29.3 Å². The molecule has 4 N–H and O–H groups in total. The van der Waals surface area contributed by atoms with E-state index in [1.807, 2.05) is 0 Å². The molecular formula is C22H26F6N6O3S. The molecule has 2 aromatic rings. The first-order valence-electron chi connectivity index (χ1n) is 11.5. The van der Waals surface area contributed by atoms with Gasteiger partial charge in [0.2, 0.25) is 21.9 Å². The molecular weight excluding hydrogens is 542 g/mol. The molecule has 1 aromatic carbocycles. The number of carbonyl (C=O) groups excluding carboxylic acids is 1. The minimum absolute atomic E-state index is 0.129. The van der Waals surface area contributed by atoms with Crippen LogP contribution in [0.2, 0.25) is 0 Å². The average molecular weight is 569 g/mol. The molecule has 0 saturated heterocycles. The van der Waals surface area contributed by atoms with Gasteiger partial charge in [0.25, 0.3) is 0 Å². The molecule has 1 aliphatic carbocycles. The summed E-state index contributed by atoms with van der Waals surface area (Å²) in [5.74, 6) is -3.61. The largest absolute Gasteiger partial charge is 0.421 e. The van der Waals surface area contributed by atoms with Crippen molar-refractivity contribution in [3.05, 3.63) is 36.0 Å². The summed E-state index contributed by atoms with van der Waals surface area (Å²) in [5, 5.41) is 8.20. The van der Waals surface area contributed by atoms with Crippen LogP contribution in [0.15, 0.2) is 30.5 Å². The molecule has 1 heterocycles. The predicted octanol–water partition coefficient (Wildman–Crippen LogP) is 4.65. The molecule has 1 aromatic heterocycles. The van der Waals surface area contributed by atoms with Crippen LogP contribution >= 0.6 is 0 Å². The van der Waals surface area contributed by atoms with Crippen LogP contribution in [0.25, 0.3) is 0 Å². The van der Waals surface area contributed by atoms with Gasteiger partial charge in [-0.05, 0) is 51.0 Å². The summed E-state index contributed by atoms with van der Waals surface area (Å²) in [6, 6.07) is 4.18. The maximum atomic E-state index is 13.6. The van der Waals surface area contributed by atoms with Crippen molar-refractivity contribution in [1.29, 1.82) is 0 Å². The Kier molecular flexibility index (Phi) is 8.63. The lowest BCUT2D eigenvalue weighted by atomic mass is 10.0. The molecule has 2 atom stereocenters. The third-order valence-electron chi connectivity index (χ3n) is 5.47. The Labute approximate surface area is 214 Å². The Morgan fingerprint density at radius 3 is 2.26 bits per heavy atom. The molecule has 0 unspecified atom stereocenters. The highest BCUT2D eigenvalue weighted by molar-refractivity contribution is 7.92. The monoisotopic (exact) mass is 568 g/mol. The van der Waals surface area contributed by atoms with Crippen molar-refractivity contribution in [2.45, 2.75) is 57.5 Å². The third-order valence-corrected chi connectivity index (χ3v) is 6.72. The first kappa shape index (κ1) is 29.3. The van der Waals surface area contributed by atoms with Crippen molar-refractivity contribution in [3.8, 4) is 0 Å². The first-order valence-corrected chi connectivity index (χ1v) is 13.1. The lowest BCUT2D eigenvalue weighted by Gasteiger charge is -2.24. The number of aromatic nitrogens is 2. The molecule has 1 amide bonds. The van der Waals surface area contributed by atoms with Crippen molar-refractivity contribution in [2.75, 3.05) is 21.1 Å². The second kappa shape index (κ2) is 11.2. The van der Waals surface area contributed by atoms with Crippen molar-refractivity contribution in [2.24, 2.45) is 5.92 Å². The zero-order valence-corrected chi connectivity index (χ0v) is 21.1. The van der Waals surface area contributed by atoms with Crippen LogP contribution in [0.1, 0.15) is 38.7 Å². The number of alkyl halides is 6. The van der Waals surface area contributed by atoms with Crippen LogP contribution < -0.4 is 20.7 Å². The van der Waals surface area contributed by atoms with Gasteiger partial charge in [0, 0.05) is 29.7 Å². The average Bonchev–Trinajstić information content (AvgIpc) is 3.20. The molecule has 0 spiro atoms. The number of hydrogen-bond donors (Lipinski definition) is 4. The molecule has 3 rings (SSSR count). The second-order valence-corrected chi connectivity index (χ2v) is 10.8. The van der Waals surface area contributed by atoms with Gasteiger partial charge in [0.1, 0.15) is 11.4 Å². The highest BCUT2D eigenvalue weighted by Crippen LogP contribution is 2.37. The van der Waals surface area contributed by atoms with E-state index in [0.29, 0.717) is 25.5 Å². The third kappa shape index (κ3) is 8.36. The van der Waals surface area contributed by atoms with E-state index < -0.39 is 51.5 Å². The van der Waals surface area contributed by atoms with Crippen LogP contribution in [-0.2, 0) is 21.0 Å². The fraction of sp³-hybridized carbons (Fsp3) is 0.500. The van der Waals surface area contributed by atoms with Crippen molar-refractivity contribution >= 4 is 39.1 Å². The molecule has 16 heteroatoms. The fourth-order valence-electron chi connectivity index (χ4n) is 3.96. The number of hydrogen-bond acceptors (Lipinski definition) is 7. The number of anilines is 4. The van der Waals surface area contributed by atoms with E-state index in [2.05, 4.69) is 25.9 Å². The van der Waals surface area contributed by atoms with Gasteiger partial charge in [-0.2, -0.15) is 31.3 Å². The van der Waals surface area contributed by atoms with E-state index in [1.165, 1.54) is 12.1 Å². The summed E-state index contributed by atoms with van der Waals surface area (Å²) in [7, 11) is -4.68. The van der Waals surface area contributed by atoms with Crippen LogP contribution in [0, 0.1) is 5.92 Å². The van der Waals surface area contributed by atoms with Crippen LogP contribution in [0.4, 0.5) is 49.5 Å². The highest BCUT2D eigenvalue weighted by Gasteiger charge is 2.39. The van der Waals surface area contributed by atoms with Gasteiger partial charge in [-0.1, -0.05) is 6.42 Å². The highest BCUT2D eigenvalue weighted by atomic mass is 32.2. The lowest BCUT2D eigenvalue weighted by Crippen LogP contribution is -2.41. The van der Waals surface area contributed by atoms with Gasteiger partial charge in [0.15, 0.2) is 5.75 Å². The Morgan fingerprint density at radius 2 is 1.68 bits per heavy atom. The normalized spacial score (nSPS) is 18.3. The molecule has 0 bridgehead atoms. The Bertz CT molecular complexity index is 1240. The second-order valence-electron chi connectivity index (χ2n) is 9.08. The number of rotatable bonds is 9. The van der Waals surface area contributed by atoms with Gasteiger partial charge in [-0.25, -0.2) is 13.4 Å². The van der Waals surface area contributed by atoms with Gasteiger partial charge in [-0.3, -0.25) is 9.52 Å². The van der Waals surface area contributed by atoms with Crippen molar-refractivity contribution in [3.63, 3.8) is 0 Å². The zero-order valence-electron chi connectivity index (χ0n) is 20.2. The van der Waals surface area contributed by atoms with Gasteiger partial charge in [-0.15, -0.1) is 0 Å². The quantitative estimate of drug-likeness (QED) is 0.325. The SMILES string of the molecule is CC(C)NC(=O)[C@H]1CCC[C@H]1Nc1nc(Nc2ccc(NS(=O)(=O)CC(F)(F)F)cc2)ncc1C(F)(F)F. The standard InChI is InChI=1S/C22H26F6N6O3S/c1-12(2)30-19(35)15-4-3-5-17(15)32-18-16(22(26,27)28)10-29-20(33-18)31-13-6-8-14(9-7-13)34-38(36,37)11-21(23,24)25/h6-10,12,15,17,34H,3-5,11H2,1-2H3,(H,30,35)(H2,29,31,32,33)/t15-,17+/m0/s1. The first-order chi connectivity index (χ1) is 17.5. The van der Waals surface area contributed by atoms with Crippen LogP contribution in [-0.4, -0.2) is 48.3 Å². The Balaban J connectivity index is 1.78. The van der Waals surface area contributed by atoms with Gasteiger partial charge < -0.3 is 16.0 Å². The summed E-state index contributed by atoms with van der Waals surface area (Å²) in [6.07, 6.45) is -7.49. The minimum Gasteiger partial charge on any atom is -0.366 e. The Hall–Kier alpha value is -3.30. The number of nitrogens with zero attached hydrogens (tertiary/aromatic N) is 2. The topological polar surface area (TPSA) is 125 Å². The fourth-order valence-corrected chi connectivity index (χ4v) is 4.95. The van der Waals surface area contributed by atoms with Crippen LogP contribution in [0.5, 0.6) is 0 Å². The molecule has 0 aliphatic heterocycles. The number of benzene rings is 1. The molecule has 1 fully saturated rings. The molecule has 210 valence electrons. The summed E-state index contributed by atoms with van der Waals surface area (Å²) in [5.41, 5.74) is -1.04. The number of nitrogens with one attached hydrogen (secondary N) is 4. The van der Waals surface area contributed by atoms with E-state index in [9.17, 15) is 39.6 Å². The number of amides is 1. The predicted molar refractivity (Wildman–Crippen MR) is 128 cm³/mol. The van der Waals surface area contributed by atoms with E-state index in [0.717, 1.165) is 12.1 Å². The smallest absolute Gasteiger partial charge is 0.366 e. The van der Waals surface area contributed by atoms with E-state index in [4.69, 9.17) is 0 Å². The number of halogens is 6. The summed E-state index contributed by atoms with van der Waals surface area (Å²) >= 11 is 0. The van der Waals surface area contributed by atoms with Gasteiger partial charge in [0.05, 0.1) is 5.92 Å². The zero-order chi connectivity index (χ0) is 28.3.